The number of aromatic nitrogens is 1. The second kappa shape index (κ2) is 4.22. The zero-order valence-electron chi connectivity index (χ0n) is 9.98. The maximum atomic E-state index is 3.64. The Bertz CT molecular complexity index is 888. The number of hydrogen-bond donors (Lipinski definition) is 1. The van der Waals surface area contributed by atoms with Crippen molar-refractivity contribution in [2.24, 2.45) is 0 Å². The molecule has 0 amide bonds. The molecule has 2 aromatic heterocycles. The van der Waals surface area contributed by atoms with Gasteiger partial charge in [-0.25, -0.2) is 0 Å². The zero-order valence-corrected chi connectivity index (χ0v) is 12.4. The third kappa shape index (κ3) is 1.66. The Morgan fingerprint density at radius 3 is 2.58 bits per heavy atom. The Kier molecular flexibility index (Phi) is 2.50. The number of benzene rings is 2. The van der Waals surface area contributed by atoms with Crippen LogP contribution in [0.25, 0.3) is 31.4 Å². The van der Waals surface area contributed by atoms with Gasteiger partial charge in [-0.3, -0.25) is 0 Å². The molecule has 19 heavy (non-hydrogen) atoms. The summed E-state index contributed by atoms with van der Waals surface area (Å²) in [6.07, 6.45) is 2.10. The van der Waals surface area contributed by atoms with Crippen molar-refractivity contribution in [1.82, 2.24) is 4.98 Å². The second-order valence-electron chi connectivity index (χ2n) is 4.48. The van der Waals surface area contributed by atoms with Crippen molar-refractivity contribution in [3.63, 3.8) is 0 Å². The van der Waals surface area contributed by atoms with E-state index in [0.29, 0.717) is 0 Å². The van der Waals surface area contributed by atoms with Crippen molar-refractivity contribution in [2.75, 3.05) is 0 Å². The van der Waals surface area contributed by atoms with Crippen molar-refractivity contribution in [2.45, 2.75) is 0 Å². The van der Waals surface area contributed by atoms with E-state index in [-0.39, 0.29) is 0 Å². The van der Waals surface area contributed by atoms with Crippen LogP contribution in [0.4, 0.5) is 0 Å². The summed E-state index contributed by atoms with van der Waals surface area (Å²) >= 11 is 5.48. The fourth-order valence-corrected chi connectivity index (χ4v) is 4.16. The topological polar surface area (TPSA) is 15.8 Å². The van der Waals surface area contributed by atoms with Gasteiger partial charge in [0, 0.05) is 26.3 Å². The minimum absolute atomic E-state index is 1.13. The monoisotopic (exact) mass is 327 g/mol. The molecule has 0 aliphatic carbocycles. The Balaban J connectivity index is 2.09. The molecule has 0 atom stereocenters. The third-order valence-electron chi connectivity index (χ3n) is 3.36. The number of halogens is 1. The van der Waals surface area contributed by atoms with Gasteiger partial charge in [0.1, 0.15) is 0 Å². The van der Waals surface area contributed by atoms with E-state index in [9.17, 15) is 0 Å². The zero-order chi connectivity index (χ0) is 12.8. The molecule has 0 aliphatic heterocycles. The van der Waals surface area contributed by atoms with Gasteiger partial charge >= 0.3 is 0 Å². The number of fused-ring (bicyclic) bond motifs is 3. The highest BCUT2D eigenvalue weighted by Crippen LogP contribution is 2.41. The summed E-state index contributed by atoms with van der Waals surface area (Å²) in [7, 11) is 0. The molecular formula is C16H10BrNS. The normalized spacial score (nSPS) is 11.4. The summed E-state index contributed by atoms with van der Waals surface area (Å²) < 4.78 is 3.79. The Morgan fingerprint density at radius 2 is 1.68 bits per heavy atom. The number of nitrogens with one attached hydrogen (secondary N) is 1. The lowest BCUT2D eigenvalue weighted by atomic mass is 10.1. The van der Waals surface area contributed by atoms with E-state index >= 15 is 0 Å². The van der Waals surface area contributed by atoms with Crippen molar-refractivity contribution in [3.05, 3.63) is 59.2 Å². The Hall–Kier alpha value is -1.58. The van der Waals surface area contributed by atoms with Crippen molar-refractivity contribution in [1.29, 1.82) is 0 Å². The van der Waals surface area contributed by atoms with Crippen LogP contribution >= 0.6 is 27.3 Å². The highest BCUT2D eigenvalue weighted by molar-refractivity contribution is 9.10. The molecule has 0 bridgehead atoms. The van der Waals surface area contributed by atoms with Gasteiger partial charge in [-0.2, -0.15) is 0 Å². The lowest BCUT2D eigenvalue weighted by molar-refractivity contribution is 1.48. The Morgan fingerprint density at radius 1 is 0.895 bits per heavy atom. The summed E-state index contributed by atoms with van der Waals surface area (Å²) in [6, 6.07) is 16.9. The van der Waals surface area contributed by atoms with Gasteiger partial charge in [-0.1, -0.05) is 52.3 Å². The van der Waals surface area contributed by atoms with Crippen LogP contribution in [0.1, 0.15) is 0 Å². The summed E-state index contributed by atoms with van der Waals surface area (Å²) in [5.74, 6) is 0. The maximum absolute atomic E-state index is 3.64. The molecule has 3 heteroatoms. The summed E-state index contributed by atoms with van der Waals surface area (Å²) in [4.78, 5) is 3.43. The van der Waals surface area contributed by atoms with Crippen LogP contribution in [0.5, 0.6) is 0 Å². The first-order valence-electron chi connectivity index (χ1n) is 6.08. The van der Waals surface area contributed by atoms with Gasteiger partial charge in [-0.15, -0.1) is 11.3 Å². The molecule has 0 fully saturated rings. The average molecular weight is 328 g/mol. The first-order chi connectivity index (χ1) is 9.34. The van der Waals surface area contributed by atoms with E-state index in [1.54, 1.807) is 0 Å². The van der Waals surface area contributed by atoms with Crippen LogP contribution in [-0.2, 0) is 0 Å². The molecule has 0 spiro atoms. The van der Waals surface area contributed by atoms with Gasteiger partial charge < -0.3 is 4.98 Å². The van der Waals surface area contributed by atoms with Crippen molar-refractivity contribution < 1.29 is 0 Å². The van der Waals surface area contributed by atoms with E-state index in [0.717, 1.165) is 4.47 Å². The first-order valence-corrected chi connectivity index (χ1v) is 7.69. The largest absolute Gasteiger partial charge is 0.359 e. The van der Waals surface area contributed by atoms with Gasteiger partial charge in [0.15, 0.2) is 0 Å². The molecule has 4 rings (SSSR count). The standard InChI is InChI=1S/C16H10BrNS/c17-13-7-3-1-5-10(13)12-9-18-15-11-6-2-4-8-14(11)19-16(12)15/h1-9,18H. The third-order valence-corrected chi connectivity index (χ3v) is 5.26. The number of H-pyrrole nitrogens is 1. The number of hydrogen-bond acceptors (Lipinski definition) is 1. The minimum atomic E-state index is 1.13. The molecule has 1 nitrogen and oxygen atoms in total. The van der Waals surface area contributed by atoms with Gasteiger partial charge in [0.2, 0.25) is 0 Å². The lowest BCUT2D eigenvalue weighted by Gasteiger charge is -2.00. The van der Waals surface area contributed by atoms with Crippen LogP contribution in [0.3, 0.4) is 0 Å². The fourth-order valence-electron chi connectivity index (χ4n) is 2.47. The minimum Gasteiger partial charge on any atom is -0.359 e. The van der Waals surface area contributed by atoms with Crippen LogP contribution in [-0.4, -0.2) is 4.98 Å². The molecule has 0 radical (unpaired) electrons. The van der Waals surface area contributed by atoms with E-state index in [2.05, 4.69) is 69.6 Å². The molecule has 0 unspecified atom stereocenters. The molecule has 2 aromatic carbocycles. The van der Waals surface area contributed by atoms with E-state index in [1.165, 1.54) is 31.4 Å². The molecule has 0 aliphatic rings. The van der Waals surface area contributed by atoms with Crippen LogP contribution < -0.4 is 0 Å². The van der Waals surface area contributed by atoms with Crippen molar-refractivity contribution >= 4 is 47.6 Å². The average Bonchev–Trinajstić information content (AvgIpc) is 2.98. The van der Waals surface area contributed by atoms with Gasteiger partial charge in [-0.05, 0) is 17.7 Å². The highest BCUT2D eigenvalue weighted by atomic mass is 79.9. The number of thiophene rings is 1. The molecule has 92 valence electrons. The predicted octanol–water partition coefficient (Wildman–Crippen LogP) is 5.81. The van der Waals surface area contributed by atoms with E-state index < -0.39 is 0 Å². The van der Waals surface area contributed by atoms with Crippen LogP contribution in [0, 0.1) is 0 Å². The van der Waals surface area contributed by atoms with Gasteiger partial charge in [0.25, 0.3) is 0 Å². The van der Waals surface area contributed by atoms with Crippen LogP contribution in [0.15, 0.2) is 59.2 Å². The highest BCUT2D eigenvalue weighted by Gasteiger charge is 2.13. The lowest BCUT2D eigenvalue weighted by Crippen LogP contribution is -1.75. The summed E-state index contributed by atoms with van der Waals surface area (Å²) in [5.41, 5.74) is 3.75. The van der Waals surface area contributed by atoms with Crippen LogP contribution in [0.2, 0.25) is 0 Å². The Labute approximate surface area is 123 Å². The predicted molar refractivity (Wildman–Crippen MR) is 86.8 cm³/mol. The van der Waals surface area contributed by atoms with Crippen molar-refractivity contribution in [3.8, 4) is 11.1 Å². The van der Waals surface area contributed by atoms with Gasteiger partial charge in [0.05, 0.1) is 10.2 Å². The smallest absolute Gasteiger partial charge is 0.0650 e. The number of aromatic amines is 1. The molecule has 2 heterocycles. The quantitative estimate of drug-likeness (QED) is 0.454. The molecule has 0 saturated heterocycles. The second-order valence-corrected chi connectivity index (χ2v) is 6.39. The number of rotatable bonds is 1. The van der Waals surface area contributed by atoms with E-state index in [1.807, 2.05) is 17.4 Å². The molecule has 0 saturated carbocycles. The maximum Gasteiger partial charge on any atom is 0.0650 e. The molecule has 1 N–H and O–H groups in total. The first kappa shape index (κ1) is 11.3. The van der Waals surface area contributed by atoms with E-state index in [4.69, 9.17) is 0 Å². The SMILES string of the molecule is Brc1ccccc1-c1c[nH]c2c1sc1ccccc12. The summed E-state index contributed by atoms with van der Waals surface area (Å²) in [6.45, 7) is 0. The molecular weight excluding hydrogens is 318 g/mol. The summed E-state index contributed by atoms with van der Waals surface area (Å²) in [5, 5.41) is 1.31. The fraction of sp³-hybridized carbons (Fsp3) is 0. The molecule has 4 aromatic rings.